The van der Waals surface area contributed by atoms with Crippen molar-refractivity contribution < 1.29 is 9.26 Å². The molecule has 0 amide bonds. The van der Waals surface area contributed by atoms with Crippen LogP contribution in [0, 0.1) is 0 Å². The molecule has 0 radical (unpaired) electrons. The number of hydrogen-bond donors (Lipinski definition) is 0. The van der Waals surface area contributed by atoms with E-state index in [-0.39, 0.29) is 0 Å². The van der Waals surface area contributed by atoms with E-state index in [2.05, 4.69) is 15.2 Å². The second-order valence-electron chi connectivity index (χ2n) is 4.19. The molecule has 0 saturated heterocycles. The number of aromatic nitrogens is 4. The second-order valence-corrected chi connectivity index (χ2v) is 4.19. The van der Waals surface area contributed by atoms with E-state index in [1.165, 1.54) is 0 Å². The van der Waals surface area contributed by atoms with E-state index in [0.29, 0.717) is 18.3 Å². The molecule has 102 valence electrons. The molecule has 0 spiro atoms. The molecule has 0 aliphatic rings. The summed E-state index contributed by atoms with van der Waals surface area (Å²) in [6.45, 7) is 2.26. The Morgan fingerprint density at radius 1 is 1.25 bits per heavy atom. The normalized spacial score (nSPS) is 10.7. The average Bonchev–Trinajstić information content (AvgIpc) is 3.17. The van der Waals surface area contributed by atoms with E-state index in [9.17, 15) is 0 Å². The summed E-state index contributed by atoms with van der Waals surface area (Å²) in [4.78, 5) is 4.19. The van der Waals surface area contributed by atoms with Crippen molar-refractivity contribution in [2.24, 2.45) is 0 Å². The lowest BCUT2D eigenvalue weighted by molar-refractivity contribution is 0.285. The van der Waals surface area contributed by atoms with Crippen LogP contribution in [0.25, 0.3) is 5.69 Å². The topological polar surface area (TPSA) is 66.0 Å². The van der Waals surface area contributed by atoms with Crippen LogP contribution in [0.1, 0.15) is 18.6 Å². The molecule has 6 nitrogen and oxygen atoms in total. The fourth-order valence-electron chi connectivity index (χ4n) is 1.76. The van der Waals surface area contributed by atoms with Crippen LogP contribution in [-0.4, -0.2) is 19.9 Å². The highest BCUT2D eigenvalue weighted by Crippen LogP contribution is 2.15. The first-order chi connectivity index (χ1) is 9.85. The zero-order chi connectivity index (χ0) is 13.8. The van der Waals surface area contributed by atoms with Crippen molar-refractivity contribution >= 4 is 0 Å². The van der Waals surface area contributed by atoms with Crippen LogP contribution >= 0.6 is 0 Å². The standard InChI is InChI=1S/C14H14N4O2/c1-2-14-16-13(17-20-14)10-19-12-6-4-11(5-7-12)18-9-3-8-15-18/h3-9H,2,10H2,1H3. The SMILES string of the molecule is CCc1nc(COc2ccc(-n3cccn3)cc2)no1. The van der Waals surface area contributed by atoms with Crippen molar-refractivity contribution in [2.75, 3.05) is 0 Å². The Labute approximate surface area is 116 Å². The Balaban J connectivity index is 1.63. The summed E-state index contributed by atoms with van der Waals surface area (Å²) in [6, 6.07) is 9.54. The molecule has 0 bridgehead atoms. The Morgan fingerprint density at radius 3 is 2.75 bits per heavy atom. The van der Waals surface area contributed by atoms with Crippen molar-refractivity contribution in [1.82, 2.24) is 19.9 Å². The molecule has 3 rings (SSSR count). The minimum Gasteiger partial charge on any atom is -0.485 e. The third kappa shape index (κ3) is 2.69. The van der Waals surface area contributed by atoms with Crippen molar-refractivity contribution in [3.8, 4) is 11.4 Å². The van der Waals surface area contributed by atoms with Gasteiger partial charge in [-0.05, 0) is 30.3 Å². The number of rotatable bonds is 5. The number of nitrogens with zero attached hydrogens (tertiary/aromatic N) is 4. The summed E-state index contributed by atoms with van der Waals surface area (Å²) < 4.78 is 12.4. The summed E-state index contributed by atoms with van der Waals surface area (Å²) in [7, 11) is 0. The van der Waals surface area contributed by atoms with Gasteiger partial charge in [-0.25, -0.2) is 4.68 Å². The maximum Gasteiger partial charge on any atom is 0.226 e. The molecule has 0 saturated carbocycles. The van der Waals surface area contributed by atoms with Gasteiger partial charge in [0.15, 0.2) is 6.61 Å². The van der Waals surface area contributed by atoms with Gasteiger partial charge in [-0.2, -0.15) is 10.1 Å². The van der Waals surface area contributed by atoms with E-state index < -0.39 is 0 Å². The largest absolute Gasteiger partial charge is 0.485 e. The molecule has 2 heterocycles. The summed E-state index contributed by atoms with van der Waals surface area (Å²) in [5.74, 6) is 1.93. The summed E-state index contributed by atoms with van der Waals surface area (Å²) >= 11 is 0. The van der Waals surface area contributed by atoms with E-state index in [1.54, 1.807) is 10.9 Å². The van der Waals surface area contributed by atoms with Gasteiger partial charge in [0.2, 0.25) is 11.7 Å². The van der Waals surface area contributed by atoms with Gasteiger partial charge in [-0.1, -0.05) is 12.1 Å². The monoisotopic (exact) mass is 270 g/mol. The fraction of sp³-hybridized carbons (Fsp3) is 0.214. The predicted octanol–water partition coefficient (Wildman–Crippen LogP) is 2.40. The van der Waals surface area contributed by atoms with E-state index in [0.717, 1.165) is 17.9 Å². The smallest absolute Gasteiger partial charge is 0.226 e. The first-order valence-electron chi connectivity index (χ1n) is 6.39. The molecule has 3 aromatic rings. The van der Waals surface area contributed by atoms with Gasteiger partial charge in [0.25, 0.3) is 0 Å². The maximum atomic E-state index is 5.61. The Kier molecular flexibility index (Phi) is 3.45. The molecule has 6 heteroatoms. The Bertz CT molecular complexity index is 659. The molecule has 0 atom stereocenters. The zero-order valence-corrected chi connectivity index (χ0v) is 11.1. The van der Waals surface area contributed by atoms with Crippen LogP contribution < -0.4 is 4.74 Å². The third-order valence-corrected chi connectivity index (χ3v) is 2.79. The number of aryl methyl sites for hydroxylation is 1. The van der Waals surface area contributed by atoms with Crippen LogP contribution in [-0.2, 0) is 13.0 Å². The maximum absolute atomic E-state index is 5.61. The Morgan fingerprint density at radius 2 is 2.10 bits per heavy atom. The van der Waals surface area contributed by atoms with Gasteiger partial charge < -0.3 is 9.26 Å². The van der Waals surface area contributed by atoms with Gasteiger partial charge in [-0.3, -0.25) is 0 Å². The molecular weight excluding hydrogens is 256 g/mol. The van der Waals surface area contributed by atoms with Gasteiger partial charge in [0.05, 0.1) is 5.69 Å². The molecule has 0 N–H and O–H groups in total. The number of hydrogen-bond acceptors (Lipinski definition) is 5. The Hall–Kier alpha value is -2.63. The highest BCUT2D eigenvalue weighted by atomic mass is 16.5. The summed E-state index contributed by atoms with van der Waals surface area (Å²) in [6.07, 6.45) is 4.36. The quantitative estimate of drug-likeness (QED) is 0.712. The minimum atomic E-state index is 0.296. The van der Waals surface area contributed by atoms with Crippen molar-refractivity contribution in [3.63, 3.8) is 0 Å². The number of benzene rings is 1. The summed E-state index contributed by atoms with van der Waals surface area (Å²) in [5.41, 5.74) is 0.982. The number of ether oxygens (including phenoxy) is 1. The predicted molar refractivity (Wildman–Crippen MR) is 71.6 cm³/mol. The van der Waals surface area contributed by atoms with Gasteiger partial charge >= 0.3 is 0 Å². The highest BCUT2D eigenvalue weighted by Gasteiger charge is 2.05. The van der Waals surface area contributed by atoms with Gasteiger partial charge in [0.1, 0.15) is 5.75 Å². The fourth-order valence-corrected chi connectivity index (χ4v) is 1.76. The lowest BCUT2D eigenvalue weighted by atomic mass is 10.3. The first-order valence-corrected chi connectivity index (χ1v) is 6.39. The molecule has 0 unspecified atom stereocenters. The van der Waals surface area contributed by atoms with Crippen LogP contribution in [0.15, 0.2) is 47.2 Å². The van der Waals surface area contributed by atoms with Crippen molar-refractivity contribution in [1.29, 1.82) is 0 Å². The third-order valence-electron chi connectivity index (χ3n) is 2.79. The first kappa shape index (κ1) is 12.4. The van der Waals surface area contributed by atoms with Crippen molar-refractivity contribution in [2.45, 2.75) is 20.0 Å². The molecule has 20 heavy (non-hydrogen) atoms. The van der Waals surface area contributed by atoms with Crippen LogP contribution in [0.4, 0.5) is 0 Å². The molecule has 0 aliphatic carbocycles. The highest BCUT2D eigenvalue weighted by molar-refractivity contribution is 5.36. The van der Waals surface area contributed by atoms with Gasteiger partial charge in [-0.15, -0.1) is 0 Å². The molecular formula is C14H14N4O2. The second kappa shape index (κ2) is 5.56. The van der Waals surface area contributed by atoms with Crippen LogP contribution in [0.5, 0.6) is 5.75 Å². The lowest BCUT2D eigenvalue weighted by Gasteiger charge is -2.05. The van der Waals surface area contributed by atoms with Crippen LogP contribution in [0.3, 0.4) is 0 Å². The van der Waals surface area contributed by atoms with E-state index in [4.69, 9.17) is 9.26 Å². The average molecular weight is 270 g/mol. The van der Waals surface area contributed by atoms with E-state index >= 15 is 0 Å². The van der Waals surface area contributed by atoms with Crippen LogP contribution in [0.2, 0.25) is 0 Å². The minimum absolute atomic E-state index is 0.296. The molecule has 2 aromatic heterocycles. The van der Waals surface area contributed by atoms with Gasteiger partial charge in [0, 0.05) is 18.8 Å². The van der Waals surface area contributed by atoms with Crippen molar-refractivity contribution in [3.05, 3.63) is 54.4 Å². The van der Waals surface area contributed by atoms with E-state index in [1.807, 2.05) is 43.5 Å². The zero-order valence-electron chi connectivity index (χ0n) is 11.1. The molecule has 0 fully saturated rings. The molecule has 1 aromatic carbocycles. The molecule has 0 aliphatic heterocycles. The lowest BCUT2D eigenvalue weighted by Crippen LogP contribution is -1.98. The summed E-state index contributed by atoms with van der Waals surface area (Å²) in [5, 5.41) is 8.00.